The van der Waals surface area contributed by atoms with Crippen LogP contribution < -0.4 is 5.32 Å². The second-order valence-corrected chi connectivity index (χ2v) is 4.92. The van der Waals surface area contributed by atoms with Gasteiger partial charge < -0.3 is 5.32 Å². The van der Waals surface area contributed by atoms with Gasteiger partial charge in [-0.25, -0.2) is 4.39 Å². The van der Waals surface area contributed by atoms with Crippen molar-refractivity contribution in [2.75, 3.05) is 26.2 Å². The van der Waals surface area contributed by atoms with Crippen molar-refractivity contribution in [2.24, 2.45) is 0 Å². The van der Waals surface area contributed by atoms with Gasteiger partial charge in [-0.15, -0.1) is 12.4 Å². The highest BCUT2D eigenvalue weighted by molar-refractivity contribution is 5.85. The van der Waals surface area contributed by atoms with Gasteiger partial charge in [-0.3, -0.25) is 4.90 Å². The molecule has 0 spiro atoms. The summed E-state index contributed by atoms with van der Waals surface area (Å²) in [4.78, 5) is 2.04. The lowest BCUT2D eigenvalue weighted by atomic mass is 9.98. The van der Waals surface area contributed by atoms with Crippen LogP contribution in [0, 0.1) is 5.82 Å². The lowest BCUT2D eigenvalue weighted by Gasteiger charge is -2.35. The number of piperazine rings is 1. The number of halogens is 5. The summed E-state index contributed by atoms with van der Waals surface area (Å²) in [5.74, 6) is -1.13. The lowest BCUT2D eigenvalue weighted by molar-refractivity contribution is -0.140. The van der Waals surface area contributed by atoms with E-state index in [1.165, 1.54) is 12.1 Å². The Bertz CT molecular complexity index is 459. The number of rotatable bonds is 3. The van der Waals surface area contributed by atoms with Gasteiger partial charge in [-0.1, -0.05) is 19.1 Å². The van der Waals surface area contributed by atoms with Crippen molar-refractivity contribution < 1.29 is 17.6 Å². The maximum atomic E-state index is 14.2. The normalized spacial score (nSPS) is 18.1. The maximum absolute atomic E-state index is 14.2. The average Bonchev–Trinajstić information content (AvgIpc) is 2.41. The second-order valence-electron chi connectivity index (χ2n) is 4.92. The van der Waals surface area contributed by atoms with Crippen LogP contribution in [0.4, 0.5) is 17.6 Å². The molecule has 1 N–H and O–H groups in total. The van der Waals surface area contributed by atoms with E-state index in [4.69, 9.17) is 0 Å². The van der Waals surface area contributed by atoms with Gasteiger partial charge >= 0.3 is 6.18 Å². The molecule has 2 rings (SSSR count). The number of alkyl halides is 3. The number of hydrogen-bond acceptors (Lipinski definition) is 2. The zero-order valence-corrected chi connectivity index (χ0v) is 12.5. The monoisotopic (exact) mass is 326 g/mol. The molecule has 120 valence electrons. The highest BCUT2D eigenvalue weighted by atomic mass is 35.5. The van der Waals surface area contributed by atoms with Crippen LogP contribution >= 0.6 is 12.4 Å². The van der Waals surface area contributed by atoms with E-state index >= 15 is 0 Å². The molecule has 21 heavy (non-hydrogen) atoms. The third-order valence-electron chi connectivity index (χ3n) is 3.67. The predicted molar refractivity (Wildman–Crippen MR) is 76.1 cm³/mol. The fourth-order valence-electron chi connectivity index (χ4n) is 2.69. The fourth-order valence-corrected chi connectivity index (χ4v) is 2.69. The molecule has 1 fully saturated rings. The highest BCUT2D eigenvalue weighted by Gasteiger charge is 2.36. The number of hydrogen-bond donors (Lipinski definition) is 1. The van der Waals surface area contributed by atoms with Gasteiger partial charge in [-0.2, -0.15) is 13.2 Å². The standard InChI is InChI=1S/C14H18F4N2.ClH/c1-2-12(20-8-6-19-7-9-20)10-4-3-5-11(13(10)15)14(16,17)18;/h3-5,12,19H,2,6-9H2,1H3;1H/t12-;/m1./s1. The first-order chi connectivity index (χ1) is 9.45. The topological polar surface area (TPSA) is 15.3 Å². The van der Waals surface area contributed by atoms with Crippen LogP contribution in [0.5, 0.6) is 0 Å². The van der Waals surface area contributed by atoms with E-state index in [9.17, 15) is 17.6 Å². The Morgan fingerprint density at radius 3 is 2.38 bits per heavy atom. The molecule has 1 heterocycles. The fraction of sp³-hybridized carbons (Fsp3) is 0.571. The number of nitrogens with one attached hydrogen (secondary N) is 1. The summed E-state index contributed by atoms with van der Waals surface area (Å²) in [6.07, 6.45) is -4.07. The van der Waals surface area contributed by atoms with Gasteiger partial charge in [-0.05, 0) is 12.5 Å². The van der Waals surface area contributed by atoms with Crippen LogP contribution in [0.3, 0.4) is 0 Å². The molecule has 0 aromatic heterocycles. The first-order valence-corrected chi connectivity index (χ1v) is 6.75. The molecule has 0 radical (unpaired) electrons. The smallest absolute Gasteiger partial charge is 0.314 e. The van der Waals surface area contributed by atoms with Gasteiger partial charge in [0.1, 0.15) is 5.82 Å². The summed E-state index contributed by atoms with van der Waals surface area (Å²) in [7, 11) is 0. The largest absolute Gasteiger partial charge is 0.419 e. The Labute approximate surface area is 127 Å². The first kappa shape index (κ1) is 18.2. The van der Waals surface area contributed by atoms with Crippen LogP contribution in [-0.2, 0) is 6.18 Å². The second kappa shape index (κ2) is 7.42. The third-order valence-corrected chi connectivity index (χ3v) is 3.67. The molecule has 0 bridgehead atoms. The zero-order valence-electron chi connectivity index (χ0n) is 11.7. The molecule has 1 aliphatic heterocycles. The van der Waals surface area contributed by atoms with E-state index in [-0.39, 0.29) is 24.0 Å². The van der Waals surface area contributed by atoms with Crippen LogP contribution in [0.25, 0.3) is 0 Å². The molecule has 1 saturated heterocycles. The van der Waals surface area contributed by atoms with E-state index in [1.807, 2.05) is 11.8 Å². The zero-order chi connectivity index (χ0) is 14.8. The maximum Gasteiger partial charge on any atom is 0.419 e. The van der Waals surface area contributed by atoms with E-state index in [0.29, 0.717) is 19.5 Å². The molecule has 0 amide bonds. The minimum Gasteiger partial charge on any atom is -0.314 e. The average molecular weight is 327 g/mol. The summed E-state index contributed by atoms with van der Waals surface area (Å²) >= 11 is 0. The summed E-state index contributed by atoms with van der Waals surface area (Å²) in [5.41, 5.74) is -1.03. The summed E-state index contributed by atoms with van der Waals surface area (Å²) < 4.78 is 52.5. The van der Waals surface area contributed by atoms with Crippen molar-refractivity contribution in [3.8, 4) is 0 Å². The Kier molecular flexibility index (Phi) is 6.43. The molecule has 1 aliphatic rings. The molecular weight excluding hydrogens is 308 g/mol. The molecule has 2 nitrogen and oxygen atoms in total. The third kappa shape index (κ3) is 4.08. The van der Waals surface area contributed by atoms with Crippen LogP contribution in [0.1, 0.15) is 30.5 Å². The van der Waals surface area contributed by atoms with Crippen molar-refractivity contribution >= 4 is 12.4 Å². The van der Waals surface area contributed by atoms with Crippen molar-refractivity contribution in [1.82, 2.24) is 10.2 Å². The first-order valence-electron chi connectivity index (χ1n) is 6.75. The van der Waals surface area contributed by atoms with Crippen LogP contribution in [0.2, 0.25) is 0 Å². The van der Waals surface area contributed by atoms with Crippen molar-refractivity contribution in [3.05, 3.63) is 35.1 Å². The summed E-state index contributed by atoms with van der Waals surface area (Å²) in [6.45, 7) is 4.85. The minimum absolute atomic E-state index is 0. The van der Waals surface area contributed by atoms with E-state index in [2.05, 4.69) is 5.32 Å². The highest BCUT2D eigenvalue weighted by Crippen LogP contribution is 2.36. The predicted octanol–water partition coefficient (Wildman–Crippen LogP) is 3.62. The summed E-state index contributed by atoms with van der Waals surface area (Å²) in [6, 6.07) is 3.23. The Morgan fingerprint density at radius 2 is 1.86 bits per heavy atom. The Morgan fingerprint density at radius 1 is 1.24 bits per heavy atom. The number of benzene rings is 1. The Hall–Kier alpha value is -0.850. The van der Waals surface area contributed by atoms with Crippen LogP contribution in [0.15, 0.2) is 18.2 Å². The van der Waals surface area contributed by atoms with Gasteiger partial charge in [0.05, 0.1) is 5.56 Å². The molecule has 7 heteroatoms. The lowest BCUT2D eigenvalue weighted by Crippen LogP contribution is -2.45. The van der Waals surface area contributed by atoms with Crippen molar-refractivity contribution in [1.29, 1.82) is 0 Å². The molecule has 0 unspecified atom stereocenters. The molecule has 0 aliphatic carbocycles. The summed E-state index contributed by atoms with van der Waals surface area (Å²) in [5, 5.41) is 3.18. The van der Waals surface area contributed by atoms with Gasteiger partial charge in [0, 0.05) is 37.8 Å². The molecule has 1 aromatic carbocycles. The van der Waals surface area contributed by atoms with Crippen molar-refractivity contribution in [2.45, 2.75) is 25.6 Å². The SMILES string of the molecule is CC[C@H](c1cccc(C(F)(F)F)c1F)N1CCNCC1.Cl. The minimum atomic E-state index is -4.65. The Balaban J connectivity index is 0.00000220. The van der Waals surface area contributed by atoms with Gasteiger partial charge in [0.2, 0.25) is 0 Å². The molecular formula is C14H19ClF4N2. The molecule has 1 atom stereocenters. The van der Waals surface area contributed by atoms with E-state index < -0.39 is 17.6 Å². The quantitative estimate of drug-likeness (QED) is 0.853. The number of nitrogens with zero attached hydrogens (tertiary/aromatic N) is 1. The van der Waals surface area contributed by atoms with Crippen molar-refractivity contribution in [3.63, 3.8) is 0 Å². The molecule has 1 aromatic rings. The molecule has 0 saturated carbocycles. The van der Waals surface area contributed by atoms with Crippen LogP contribution in [-0.4, -0.2) is 31.1 Å². The van der Waals surface area contributed by atoms with Gasteiger partial charge in [0.25, 0.3) is 0 Å². The van der Waals surface area contributed by atoms with E-state index in [1.54, 1.807) is 0 Å². The van der Waals surface area contributed by atoms with Gasteiger partial charge in [0.15, 0.2) is 0 Å². The van der Waals surface area contributed by atoms with E-state index in [0.717, 1.165) is 19.2 Å².